The minimum atomic E-state index is -0.491. The molecule has 0 spiro atoms. The van der Waals surface area contributed by atoms with Crippen molar-refractivity contribution < 1.29 is 5.03 Å². The molecule has 3 rings (SSSR count). The van der Waals surface area contributed by atoms with Crippen molar-refractivity contribution in [2.24, 2.45) is 0 Å². The lowest BCUT2D eigenvalue weighted by Gasteiger charge is -2.13. The quantitative estimate of drug-likeness (QED) is 0.582. The van der Waals surface area contributed by atoms with Crippen LogP contribution >= 0.6 is 11.3 Å². The highest BCUT2D eigenvalue weighted by atomic mass is 32.1. The summed E-state index contributed by atoms with van der Waals surface area (Å²) in [6.07, 6.45) is 1.54. The molecule has 8 heteroatoms. The van der Waals surface area contributed by atoms with Crippen molar-refractivity contribution in [1.82, 2.24) is 9.97 Å². The fraction of sp³-hybridized carbons (Fsp3) is 0.0667. The van der Waals surface area contributed by atoms with E-state index >= 15 is 0 Å². The minimum Gasteiger partial charge on any atom is -0.375 e. The topological polar surface area (TPSA) is 98.2 Å². The van der Waals surface area contributed by atoms with Gasteiger partial charge in [-0.1, -0.05) is 29.5 Å². The number of rotatable bonds is 4. The molecule has 23 heavy (non-hydrogen) atoms. The molecule has 0 fully saturated rings. The van der Waals surface area contributed by atoms with Crippen LogP contribution in [0.5, 0.6) is 0 Å². The Bertz CT molecular complexity index is 850. The van der Waals surface area contributed by atoms with Gasteiger partial charge in [-0.25, -0.2) is 20.1 Å². The van der Waals surface area contributed by atoms with E-state index in [-0.39, 0.29) is 5.82 Å². The Morgan fingerprint density at radius 1 is 1.26 bits per heavy atom. The second-order valence-corrected chi connectivity index (χ2v) is 5.79. The zero-order valence-electron chi connectivity index (χ0n) is 12.2. The Kier molecular flexibility index (Phi) is 3.90. The van der Waals surface area contributed by atoms with Gasteiger partial charge in [-0.15, -0.1) is 0 Å². The minimum absolute atomic E-state index is 0.227. The van der Waals surface area contributed by atoms with Crippen LogP contribution in [0.1, 0.15) is 5.69 Å². The molecule has 3 aromatic rings. The molecule has 0 radical (unpaired) electrons. The molecule has 2 heterocycles. The van der Waals surface area contributed by atoms with Crippen LogP contribution in [0.3, 0.4) is 0 Å². The molecule has 0 aliphatic heterocycles. The summed E-state index contributed by atoms with van der Waals surface area (Å²) >= 11 is 1.34. The van der Waals surface area contributed by atoms with Crippen LogP contribution in [-0.4, -0.2) is 15.0 Å². The molecule has 2 N–H and O–H groups in total. The number of hydrogen-bond acceptors (Lipinski definition) is 6. The summed E-state index contributed by atoms with van der Waals surface area (Å²) in [4.78, 5) is 20.7. The maximum Gasteiger partial charge on any atom is 0.200 e. The van der Waals surface area contributed by atoms with E-state index < -0.39 is 5.03 Å². The molecule has 0 aliphatic carbocycles. The molecule has 0 aliphatic rings. The lowest BCUT2D eigenvalue weighted by atomic mass is 10.2. The summed E-state index contributed by atoms with van der Waals surface area (Å²) in [5, 5.41) is 12.4. The third kappa shape index (κ3) is 2.97. The van der Waals surface area contributed by atoms with E-state index in [0.717, 1.165) is 21.1 Å². The monoisotopic (exact) mass is 327 g/mol. The van der Waals surface area contributed by atoms with Crippen molar-refractivity contribution in [3.05, 3.63) is 64.5 Å². The zero-order chi connectivity index (χ0) is 16.4. The molecule has 7 nitrogen and oxygen atoms in total. The van der Waals surface area contributed by atoms with E-state index in [9.17, 15) is 10.1 Å². The smallest absolute Gasteiger partial charge is 0.200 e. The Morgan fingerprint density at radius 2 is 2.00 bits per heavy atom. The fourth-order valence-electron chi connectivity index (χ4n) is 2.24. The number of hydrazine groups is 1. The second kappa shape index (κ2) is 6.01. The summed E-state index contributed by atoms with van der Waals surface area (Å²) in [7, 11) is 0. The van der Waals surface area contributed by atoms with Crippen molar-refractivity contribution in [2.45, 2.75) is 6.92 Å². The van der Waals surface area contributed by atoms with Crippen LogP contribution in [0, 0.1) is 17.0 Å². The lowest BCUT2D eigenvalue weighted by molar-refractivity contribution is -0.483. The number of aryl methyl sites for hydroxylation is 1. The molecule has 0 saturated carbocycles. The number of aromatic nitrogens is 2. The molecule has 0 unspecified atom stereocenters. The number of nitrogen functional groups attached to an aromatic ring is 1. The van der Waals surface area contributed by atoms with Crippen molar-refractivity contribution in [2.75, 3.05) is 10.7 Å². The fourth-order valence-corrected chi connectivity index (χ4v) is 3.07. The van der Waals surface area contributed by atoms with E-state index in [4.69, 9.17) is 5.73 Å². The Hall–Kier alpha value is -3.00. The van der Waals surface area contributed by atoms with Crippen LogP contribution in [0.25, 0.3) is 10.4 Å². The van der Waals surface area contributed by atoms with Crippen molar-refractivity contribution >= 4 is 28.0 Å². The number of thiazole rings is 1. The van der Waals surface area contributed by atoms with E-state index in [0.29, 0.717) is 10.8 Å². The maximum atomic E-state index is 11.5. The van der Waals surface area contributed by atoms with E-state index in [1.807, 2.05) is 6.92 Å². The van der Waals surface area contributed by atoms with Gasteiger partial charge in [-0.3, -0.25) is 0 Å². The maximum absolute atomic E-state index is 11.5. The van der Waals surface area contributed by atoms with Crippen LogP contribution in [0.4, 0.5) is 16.6 Å². The summed E-state index contributed by atoms with van der Waals surface area (Å²) < 4.78 is 0. The van der Waals surface area contributed by atoms with Gasteiger partial charge in [0.1, 0.15) is 5.69 Å². The van der Waals surface area contributed by atoms with Gasteiger partial charge >= 0.3 is 0 Å². The summed E-state index contributed by atoms with van der Waals surface area (Å²) in [5.41, 5.74) is 7.74. The van der Waals surface area contributed by atoms with E-state index in [1.54, 1.807) is 48.7 Å². The average molecular weight is 327 g/mol. The average Bonchev–Trinajstić information content (AvgIpc) is 2.87. The van der Waals surface area contributed by atoms with Gasteiger partial charge in [0.2, 0.25) is 5.82 Å². The predicted octanol–water partition coefficient (Wildman–Crippen LogP) is 3.43. The number of anilines is 3. The van der Waals surface area contributed by atoms with E-state index in [1.165, 1.54) is 11.3 Å². The number of pyridine rings is 1. The molecule has 0 amide bonds. The van der Waals surface area contributed by atoms with Gasteiger partial charge in [0.15, 0.2) is 10.2 Å². The SMILES string of the molecule is Cc1nc(N)sc1-c1ccnc(N(c2ccccc2)[N+](=O)[O-])c1. The van der Waals surface area contributed by atoms with Gasteiger partial charge in [-0.05, 0) is 41.8 Å². The van der Waals surface area contributed by atoms with Gasteiger partial charge < -0.3 is 5.73 Å². The van der Waals surface area contributed by atoms with Crippen LogP contribution in [-0.2, 0) is 0 Å². The van der Waals surface area contributed by atoms with Crippen molar-refractivity contribution in [3.63, 3.8) is 0 Å². The molecule has 1 aromatic carbocycles. The summed E-state index contributed by atoms with van der Waals surface area (Å²) in [6, 6.07) is 12.0. The highest BCUT2D eigenvalue weighted by Gasteiger charge is 2.22. The van der Waals surface area contributed by atoms with E-state index in [2.05, 4.69) is 9.97 Å². The van der Waals surface area contributed by atoms with Crippen LogP contribution in [0.2, 0.25) is 0 Å². The van der Waals surface area contributed by atoms with Crippen molar-refractivity contribution in [3.8, 4) is 10.4 Å². The third-order valence-corrected chi connectivity index (χ3v) is 4.24. The number of benzene rings is 1. The summed E-state index contributed by atoms with van der Waals surface area (Å²) in [5.74, 6) is 0.227. The number of para-hydroxylation sites is 1. The first-order valence-electron chi connectivity index (χ1n) is 6.75. The van der Waals surface area contributed by atoms with Crippen molar-refractivity contribution in [1.29, 1.82) is 0 Å². The second-order valence-electron chi connectivity index (χ2n) is 4.75. The molecular weight excluding hydrogens is 314 g/mol. The predicted molar refractivity (Wildman–Crippen MR) is 90.1 cm³/mol. The van der Waals surface area contributed by atoms with Crippen LogP contribution in [0.15, 0.2) is 48.7 Å². The Labute approximate surface area is 136 Å². The Balaban J connectivity index is 2.07. The standard InChI is InChI=1S/C15H13N5O2S/c1-10-14(23-15(16)18-10)11-7-8-17-13(9-11)19(20(21)22)12-5-3-2-4-6-12/h2-9H,1H3,(H2,16,18). The first-order chi connectivity index (χ1) is 11.1. The van der Waals surface area contributed by atoms with Gasteiger partial charge in [0, 0.05) is 6.20 Å². The van der Waals surface area contributed by atoms with Gasteiger partial charge in [0.25, 0.3) is 0 Å². The number of nitro groups is 1. The molecule has 0 saturated heterocycles. The number of hydrogen-bond donors (Lipinski definition) is 1. The zero-order valence-corrected chi connectivity index (χ0v) is 13.0. The summed E-state index contributed by atoms with van der Waals surface area (Å²) in [6.45, 7) is 1.85. The normalized spacial score (nSPS) is 10.5. The molecule has 0 bridgehead atoms. The lowest BCUT2D eigenvalue weighted by Crippen LogP contribution is -2.25. The largest absolute Gasteiger partial charge is 0.375 e. The number of nitrogens with zero attached hydrogens (tertiary/aromatic N) is 4. The third-order valence-electron chi connectivity index (χ3n) is 3.20. The highest BCUT2D eigenvalue weighted by Crippen LogP contribution is 2.33. The first kappa shape index (κ1) is 14.9. The Morgan fingerprint density at radius 3 is 2.61 bits per heavy atom. The molecule has 0 atom stereocenters. The van der Waals surface area contributed by atoms with Gasteiger partial charge in [-0.2, -0.15) is 0 Å². The number of nitrogens with two attached hydrogens (primary N) is 1. The van der Waals surface area contributed by atoms with Crippen LogP contribution < -0.4 is 10.7 Å². The highest BCUT2D eigenvalue weighted by molar-refractivity contribution is 7.18. The molecular formula is C15H13N5O2S. The molecule has 2 aromatic heterocycles. The van der Waals surface area contributed by atoms with Gasteiger partial charge in [0.05, 0.1) is 10.6 Å². The first-order valence-corrected chi connectivity index (χ1v) is 7.56. The molecule has 116 valence electrons.